The van der Waals surface area contributed by atoms with Gasteiger partial charge in [-0.15, -0.1) is 0 Å². The van der Waals surface area contributed by atoms with Gasteiger partial charge in [-0.2, -0.15) is 0 Å². The number of benzene rings is 2. The van der Waals surface area contributed by atoms with Crippen LogP contribution in [0.1, 0.15) is 0 Å². The molecule has 0 aliphatic carbocycles. The summed E-state index contributed by atoms with van der Waals surface area (Å²) in [5, 5.41) is 0.821. The molecular formula is C23H18F2N2O3. The Kier molecular flexibility index (Phi) is 5.43. The standard InChI is InChI=1S/C23H18F2N2O3/c1-29-16-6-7-18-20(13-16)26-10-9-21(18)30-12-11-27-14-15(5-8-22(27)28)17-3-2-4-19(24)23(17)25/h2-10,13-14H,11-12H2,1H3. The van der Waals surface area contributed by atoms with Gasteiger partial charge in [0.2, 0.25) is 0 Å². The zero-order chi connectivity index (χ0) is 21.1. The molecule has 152 valence electrons. The van der Waals surface area contributed by atoms with E-state index < -0.39 is 11.6 Å². The highest BCUT2D eigenvalue weighted by atomic mass is 19.2. The van der Waals surface area contributed by atoms with Gasteiger partial charge in [0, 0.05) is 41.0 Å². The fourth-order valence-electron chi connectivity index (χ4n) is 3.20. The van der Waals surface area contributed by atoms with Gasteiger partial charge < -0.3 is 14.0 Å². The molecule has 0 saturated carbocycles. The van der Waals surface area contributed by atoms with Gasteiger partial charge in [0.25, 0.3) is 5.56 Å². The number of halogens is 2. The van der Waals surface area contributed by atoms with E-state index in [1.54, 1.807) is 19.4 Å². The lowest BCUT2D eigenvalue weighted by molar-refractivity contribution is 0.299. The summed E-state index contributed by atoms with van der Waals surface area (Å²) in [6.07, 6.45) is 3.13. The molecule has 4 rings (SSSR count). The normalized spacial score (nSPS) is 10.9. The van der Waals surface area contributed by atoms with Crippen LogP contribution in [0.2, 0.25) is 0 Å². The number of methoxy groups -OCH3 is 1. The Morgan fingerprint density at radius 1 is 1.07 bits per heavy atom. The third-order valence-electron chi connectivity index (χ3n) is 4.75. The molecular weight excluding hydrogens is 390 g/mol. The van der Waals surface area contributed by atoms with E-state index in [0.717, 1.165) is 17.0 Å². The third-order valence-corrected chi connectivity index (χ3v) is 4.75. The number of rotatable bonds is 6. The molecule has 0 N–H and O–H groups in total. The molecule has 0 unspecified atom stereocenters. The summed E-state index contributed by atoms with van der Waals surface area (Å²) in [5.41, 5.74) is 0.975. The molecule has 0 aliphatic rings. The second-order valence-corrected chi connectivity index (χ2v) is 6.59. The smallest absolute Gasteiger partial charge is 0.250 e. The lowest BCUT2D eigenvalue weighted by Crippen LogP contribution is -2.22. The molecule has 2 heterocycles. The van der Waals surface area contributed by atoms with E-state index in [1.807, 2.05) is 18.2 Å². The fourth-order valence-corrected chi connectivity index (χ4v) is 3.20. The van der Waals surface area contributed by atoms with Crippen molar-refractivity contribution in [1.29, 1.82) is 0 Å². The molecule has 0 fully saturated rings. The molecule has 7 heteroatoms. The van der Waals surface area contributed by atoms with Gasteiger partial charge in [-0.25, -0.2) is 8.78 Å². The second kappa shape index (κ2) is 8.32. The maximum absolute atomic E-state index is 14.1. The maximum atomic E-state index is 14.1. The first kappa shape index (κ1) is 19.6. The number of aromatic nitrogens is 2. The monoisotopic (exact) mass is 408 g/mol. The predicted octanol–water partition coefficient (Wildman–Crippen LogP) is 4.43. The Morgan fingerprint density at radius 2 is 1.93 bits per heavy atom. The van der Waals surface area contributed by atoms with E-state index in [4.69, 9.17) is 9.47 Å². The van der Waals surface area contributed by atoms with Crippen LogP contribution in [-0.2, 0) is 6.54 Å². The van der Waals surface area contributed by atoms with Crippen molar-refractivity contribution in [3.63, 3.8) is 0 Å². The van der Waals surface area contributed by atoms with Crippen molar-refractivity contribution in [2.75, 3.05) is 13.7 Å². The fraction of sp³-hybridized carbons (Fsp3) is 0.130. The van der Waals surface area contributed by atoms with Crippen molar-refractivity contribution in [2.45, 2.75) is 6.54 Å². The first-order valence-corrected chi connectivity index (χ1v) is 9.27. The summed E-state index contributed by atoms with van der Waals surface area (Å²) in [4.78, 5) is 16.5. The molecule has 2 aromatic heterocycles. The van der Waals surface area contributed by atoms with Crippen LogP contribution in [0.5, 0.6) is 11.5 Å². The number of ether oxygens (including phenoxy) is 2. The average molecular weight is 408 g/mol. The van der Waals surface area contributed by atoms with Crippen molar-refractivity contribution in [3.05, 3.63) is 89.0 Å². The summed E-state index contributed by atoms with van der Waals surface area (Å²) in [6, 6.07) is 14.0. The summed E-state index contributed by atoms with van der Waals surface area (Å²) in [5.74, 6) is -0.560. The van der Waals surface area contributed by atoms with Gasteiger partial charge in [0.05, 0.1) is 19.2 Å². The zero-order valence-corrected chi connectivity index (χ0v) is 16.1. The Bertz CT molecular complexity index is 1270. The maximum Gasteiger partial charge on any atom is 0.250 e. The molecule has 0 atom stereocenters. The number of pyridine rings is 2. The van der Waals surface area contributed by atoms with Crippen LogP contribution in [0.25, 0.3) is 22.0 Å². The molecule has 0 bridgehead atoms. The minimum absolute atomic E-state index is 0.0961. The number of nitrogens with zero attached hydrogens (tertiary/aromatic N) is 2. The van der Waals surface area contributed by atoms with E-state index in [-0.39, 0.29) is 24.3 Å². The lowest BCUT2D eigenvalue weighted by Gasteiger charge is -2.12. The van der Waals surface area contributed by atoms with Crippen LogP contribution in [0.4, 0.5) is 8.78 Å². The quantitative estimate of drug-likeness (QED) is 0.474. The van der Waals surface area contributed by atoms with Gasteiger partial charge in [-0.3, -0.25) is 9.78 Å². The first-order valence-electron chi connectivity index (χ1n) is 9.27. The third kappa shape index (κ3) is 3.87. The topological polar surface area (TPSA) is 53.4 Å². The van der Waals surface area contributed by atoms with Crippen LogP contribution in [0.3, 0.4) is 0 Å². The Labute approximate surface area is 171 Å². The summed E-state index contributed by atoms with van der Waals surface area (Å²) in [6.45, 7) is 0.448. The number of hydrogen-bond donors (Lipinski definition) is 0. The molecule has 0 aliphatic heterocycles. The molecule has 0 spiro atoms. The minimum Gasteiger partial charge on any atom is -0.497 e. The minimum atomic E-state index is -0.947. The first-order chi connectivity index (χ1) is 14.6. The summed E-state index contributed by atoms with van der Waals surface area (Å²) in [7, 11) is 1.59. The molecule has 30 heavy (non-hydrogen) atoms. The van der Waals surface area contributed by atoms with E-state index in [2.05, 4.69) is 4.98 Å². The molecule has 4 aromatic rings. The van der Waals surface area contributed by atoms with Crippen molar-refractivity contribution in [1.82, 2.24) is 9.55 Å². The van der Waals surface area contributed by atoms with Gasteiger partial charge in [-0.1, -0.05) is 12.1 Å². The Hall–Kier alpha value is -3.74. The van der Waals surface area contributed by atoms with Crippen LogP contribution in [-0.4, -0.2) is 23.3 Å². The zero-order valence-electron chi connectivity index (χ0n) is 16.1. The summed E-state index contributed by atoms with van der Waals surface area (Å²) < 4.78 is 40.1. The molecule has 0 radical (unpaired) electrons. The second-order valence-electron chi connectivity index (χ2n) is 6.59. The van der Waals surface area contributed by atoms with Gasteiger partial charge in [-0.05, 0) is 30.3 Å². The van der Waals surface area contributed by atoms with E-state index >= 15 is 0 Å². The lowest BCUT2D eigenvalue weighted by atomic mass is 10.1. The van der Waals surface area contributed by atoms with Gasteiger partial charge >= 0.3 is 0 Å². The Morgan fingerprint density at radius 3 is 2.77 bits per heavy atom. The average Bonchev–Trinajstić information content (AvgIpc) is 2.76. The molecule has 0 amide bonds. The highest BCUT2D eigenvalue weighted by Gasteiger charge is 2.11. The van der Waals surface area contributed by atoms with Gasteiger partial charge in [0.15, 0.2) is 11.6 Å². The van der Waals surface area contributed by atoms with E-state index in [0.29, 0.717) is 17.1 Å². The van der Waals surface area contributed by atoms with Crippen LogP contribution in [0, 0.1) is 11.6 Å². The molecule has 0 saturated heterocycles. The van der Waals surface area contributed by atoms with Crippen molar-refractivity contribution < 1.29 is 18.3 Å². The van der Waals surface area contributed by atoms with Crippen molar-refractivity contribution in [3.8, 4) is 22.6 Å². The largest absolute Gasteiger partial charge is 0.497 e. The van der Waals surface area contributed by atoms with Crippen molar-refractivity contribution >= 4 is 10.9 Å². The van der Waals surface area contributed by atoms with Crippen LogP contribution < -0.4 is 15.0 Å². The van der Waals surface area contributed by atoms with E-state index in [1.165, 1.54) is 35.0 Å². The number of fused-ring (bicyclic) bond motifs is 1. The molecule has 5 nitrogen and oxygen atoms in total. The SMILES string of the molecule is COc1ccc2c(OCCn3cc(-c4cccc(F)c4F)ccc3=O)ccnc2c1. The highest BCUT2D eigenvalue weighted by Crippen LogP contribution is 2.27. The van der Waals surface area contributed by atoms with Crippen LogP contribution in [0.15, 0.2) is 71.8 Å². The van der Waals surface area contributed by atoms with E-state index in [9.17, 15) is 13.6 Å². The van der Waals surface area contributed by atoms with Crippen molar-refractivity contribution in [2.24, 2.45) is 0 Å². The Balaban J connectivity index is 1.54. The molecule has 2 aromatic carbocycles. The summed E-state index contributed by atoms with van der Waals surface area (Å²) >= 11 is 0. The highest BCUT2D eigenvalue weighted by molar-refractivity contribution is 5.85. The van der Waals surface area contributed by atoms with Gasteiger partial charge in [0.1, 0.15) is 18.1 Å². The predicted molar refractivity (Wildman–Crippen MR) is 110 cm³/mol. The number of hydrogen-bond acceptors (Lipinski definition) is 4. The van der Waals surface area contributed by atoms with Crippen LogP contribution >= 0.6 is 0 Å².